The lowest BCUT2D eigenvalue weighted by Gasteiger charge is -2.15. The molecule has 1 N–H and O–H groups in total. The van der Waals surface area contributed by atoms with Crippen LogP contribution in [-0.2, 0) is 19.6 Å². The Labute approximate surface area is 131 Å². The molecule has 0 amide bonds. The van der Waals surface area contributed by atoms with E-state index in [4.69, 9.17) is 16.1 Å². The van der Waals surface area contributed by atoms with E-state index in [2.05, 4.69) is 22.3 Å². The summed E-state index contributed by atoms with van der Waals surface area (Å²) in [6.45, 7) is 5.39. The zero-order valence-corrected chi connectivity index (χ0v) is 13.4. The molecule has 0 fully saturated rings. The third kappa shape index (κ3) is 5.16. The van der Waals surface area contributed by atoms with Gasteiger partial charge in [0, 0.05) is 24.2 Å². The normalized spacial score (nSPS) is 11.2. The predicted molar refractivity (Wildman–Crippen MR) is 85.1 cm³/mol. The Hall–Kier alpha value is -1.36. The topological polar surface area (TPSA) is 41.3 Å². The second-order valence-electron chi connectivity index (χ2n) is 5.23. The average Bonchev–Trinajstić information content (AvgIpc) is 2.89. The van der Waals surface area contributed by atoms with Crippen molar-refractivity contribution in [2.75, 3.05) is 13.6 Å². The Morgan fingerprint density at radius 3 is 2.86 bits per heavy atom. The van der Waals surface area contributed by atoms with Crippen LogP contribution in [0.1, 0.15) is 30.4 Å². The van der Waals surface area contributed by atoms with E-state index in [1.807, 2.05) is 37.4 Å². The molecule has 1 aromatic carbocycles. The first-order valence-corrected chi connectivity index (χ1v) is 7.64. The molecule has 1 aromatic heterocycles. The molecule has 1 heterocycles. The largest absolute Gasteiger partial charge is 0.360 e. The molecule has 0 spiro atoms. The van der Waals surface area contributed by atoms with Gasteiger partial charge >= 0.3 is 0 Å². The van der Waals surface area contributed by atoms with Gasteiger partial charge in [-0.2, -0.15) is 0 Å². The van der Waals surface area contributed by atoms with E-state index >= 15 is 0 Å². The van der Waals surface area contributed by atoms with Crippen LogP contribution in [0.15, 0.2) is 34.9 Å². The summed E-state index contributed by atoms with van der Waals surface area (Å²) in [5.74, 6) is 0.873. The summed E-state index contributed by atoms with van der Waals surface area (Å²) < 4.78 is 5.37. The smallest absolute Gasteiger partial charge is 0.151 e. The summed E-state index contributed by atoms with van der Waals surface area (Å²) in [5, 5.41) is 8.18. The molecule has 21 heavy (non-hydrogen) atoms. The van der Waals surface area contributed by atoms with Gasteiger partial charge in [0.1, 0.15) is 0 Å². The fraction of sp³-hybridized carbons (Fsp3) is 0.438. The maximum Gasteiger partial charge on any atom is 0.151 e. The minimum atomic E-state index is 0.714. The Morgan fingerprint density at radius 1 is 1.29 bits per heavy atom. The van der Waals surface area contributed by atoms with E-state index in [1.165, 1.54) is 0 Å². The summed E-state index contributed by atoms with van der Waals surface area (Å²) >= 11 is 6.18. The Balaban J connectivity index is 1.85. The van der Waals surface area contributed by atoms with Gasteiger partial charge in [-0.25, -0.2) is 0 Å². The molecule has 5 heteroatoms. The maximum atomic E-state index is 6.18. The van der Waals surface area contributed by atoms with Crippen LogP contribution < -0.4 is 5.32 Å². The van der Waals surface area contributed by atoms with Crippen LogP contribution in [0.3, 0.4) is 0 Å². The SMILES string of the molecule is CCCNCc1cc(CN(C)Cc2ccccc2Cl)on1. The van der Waals surface area contributed by atoms with Gasteiger partial charge in [0.2, 0.25) is 0 Å². The molecule has 0 unspecified atom stereocenters. The van der Waals surface area contributed by atoms with E-state index < -0.39 is 0 Å². The molecule has 2 rings (SSSR count). The number of rotatable bonds is 8. The van der Waals surface area contributed by atoms with Gasteiger partial charge in [0.25, 0.3) is 0 Å². The molecule has 0 aliphatic heterocycles. The zero-order chi connectivity index (χ0) is 15.1. The van der Waals surface area contributed by atoms with E-state index in [0.29, 0.717) is 6.54 Å². The van der Waals surface area contributed by atoms with Crippen LogP contribution in [0.4, 0.5) is 0 Å². The van der Waals surface area contributed by atoms with Crippen molar-refractivity contribution in [2.45, 2.75) is 33.0 Å². The molecular formula is C16H22ClN3O. The standard InChI is InChI=1S/C16H22ClN3O/c1-3-8-18-10-14-9-15(21-19-14)12-20(2)11-13-6-4-5-7-16(13)17/h4-7,9,18H,3,8,10-12H2,1-2H3. The Kier molecular flexibility index (Phi) is 6.23. The first kappa shape index (κ1) is 16.0. The molecule has 0 saturated carbocycles. The summed E-state index contributed by atoms with van der Waals surface area (Å²) in [6.07, 6.45) is 1.12. The van der Waals surface area contributed by atoms with Crippen LogP contribution in [0, 0.1) is 0 Å². The van der Waals surface area contributed by atoms with Gasteiger partial charge < -0.3 is 9.84 Å². The average molecular weight is 308 g/mol. The predicted octanol–water partition coefficient (Wildman–Crippen LogP) is 3.46. The van der Waals surface area contributed by atoms with Crippen molar-refractivity contribution in [1.29, 1.82) is 0 Å². The lowest BCUT2D eigenvalue weighted by Crippen LogP contribution is -2.17. The maximum absolute atomic E-state index is 6.18. The summed E-state index contributed by atoms with van der Waals surface area (Å²) in [7, 11) is 2.04. The summed E-state index contributed by atoms with van der Waals surface area (Å²) in [4.78, 5) is 2.16. The van der Waals surface area contributed by atoms with Crippen molar-refractivity contribution in [3.05, 3.63) is 52.4 Å². The number of nitrogens with one attached hydrogen (secondary N) is 1. The fourth-order valence-corrected chi connectivity index (χ4v) is 2.34. The third-order valence-electron chi connectivity index (χ3n) is 3.16. The quantitative estimate of drug-likeness (QED) is 0.758. The van der Waals surface area contributed by atoms with Crippen molar-refractivity contribution in [2.24, 2.45) is 0 Å². The van der Waals surface area contributed by atoms with Crippen LogP contribution in [-0.4, -0.2) is 23.6 Å². The molecule has 0 saturated heterocycles. The molecule has 0 atom stereocenters. The first-order valence-electron chi connectivity index (χ1n) is 7.26. The van der Waals surface area contributed by atoms with Crippen LogP contribution >= 0.6 is 11.6 Å². The number of hydrogen-bond donors (Lipinski definition) is 1. The van der Waals surface area contributed by atoms with E-state index in [1.54, 1.807) is 0 Å². The van der Waals surface area contributed by atoms with Gasteiger partial charge in [0.05, 0.1) is 12.2 Å². The summed E-state index contributed by atoms with van der Waals surface area (Å²) in [5.41, 5.74) is 2.07. The van der Waals surface area contributed by atoms with Gasteiger partial charge in [-0.15, -0.1) is 0 Å². The number of aromatic nitrogens is 1. The van der Waals surface area contributed by atoms with Gasteiger partial charge in [-0.05, 0) is 31.6 Å². The number of nitrogens with zero attached hydrogens (tertiary/aromatic N) is 2. The molecule has 0 aliphatic carbocycles. The number of hydrogen-bond acceptors (Lipinski definition) is 4. The first-order chi connectivity index (χ1) is 10.2. The monoisotopic (exact) mass is 307 g/mol. The molecular weight excluding hydrogens is 286 g/mol. The highest BCUT2D eigenvalue weighted by Gasteiger charge is 2.09. The van der Waals surface area contributed by atoms with Gasteiger partial charge in [-0.1, -0.05) is 41.9 Å². The molecule has 2 aromatic rings. The van der Waals surface area contributed by atoms with Crippen molar-refractivity contribution >= 4 is 11.6 Å². The fourth-order valence-electron chi connectivity index (χ4n) is 2.15. The van der Waals surface area contributed by atoms with E-state index in [-0.39, 0.29) is 0 Å². The summed E-state index contributed by atoms with van der Waals surface area (Å²) in [6, 6.07) is 9.90. The minimum absolute atomic E-state index is 0.714. The highest BCUT2D eigenvalue weighted by Crippen LogP contribution is 2.17. The van der Waals surface area contributed by atoms with Gasteiger partial charge in [0.15, 0.2) is 5.76 Å². The van der Waals surface area contributed by atoms with E-state index in [9.17, 15) is 0 Å². The lowest BCUT2D eigenvalue weighted by molar-refractivity contribution is 0.265. The van der Waals surface area contributed by atoms with Crippen molar-refractivity contribution < 1.29 is 4.52 Å². The highest BCUT2D eigenvalue weighted by atomic mass is 35.5. The molecule has 114 valence electrons. The van der Waals surface area contributed by atoms with Crippen molar-refractivity contribution in [3.8, 4) is 0 Å². The lowest BCUT2D eigenvalue weighted by atomic mass is 10.2. The van der Waals surface area contributed by atoms with Gasteiger partial charge in [-0.3, -0.25) is 4.90 Å². The second-order valence-corrected chi connectivity index (χ2v) is 5.63. The van der Waals surface area contributed by atoms with Crippen LogP contribution in [0.5, 0.6) is 0 Å². The molecule has 0 bridgehead atoms. The van der Waals surface area contributed by atoms with Crippen LogP contribution in [0.25, 0.3) is 0 Å². The zero-order valence-electron chi connectivity index (χ0n) is 12.6. The number of halogens is 1. The third-order valence-corrected chi connectivity index (χ3v) is 3.53. The molecule has 4 nitrogen and oxygen atoms in total. The van der Waals surface area contributed by atoms with E-state index in [0.717, 1.165) is 48.1 Å². The van der Waals surface area contributed by atoms with Crippen LogP contribution in [0.2, 0.25) is 5.02 Å². The number of benzene rings is 1. The Morgan fingerprint density at radius 2 is 2.10 bits per heavy atom. The second kappa shape index (κ2) is 8.17. The molecule has 0 aliphatic rings. The van der Waals surface area contributed by atoms with Crippen molar-refractivity contribution in [3.63, 3.8) is 0 Å². The molecule has 0 radical (unpaired) electrons. The minimum Gasteiger partial charge on any atom is -0.360 e. The highest BCUT2D eigenvalue weighted by molar-refractivity contribution is 6.31. The Bertz CT molecular complexity index is 556. The van der Waals surface area contributed by atoms with Crippen molar-refractivity contribution in [1.82, 2.24) is 15.4 Å².